The molecule has 2 nitrogen and oxygen atoms in total. The zero-order valence-corrected chi connectivity index (χ0v) is 11.2. The summed E-state index contributed by atoms with van der Waals surface area (Å²) in [5, 5.41) is 3.59. The van der Waals surface area contributed by atoms with E-state index < -0.39 is 0 Å². The van der Waals surface area contributed by atoms with Gasteiger partial charge in [-0.05, 0) is 57.5 Å². The molecule has 0 aromatic carbocycles. The zero-order chi connectivity index (χ0) is 11.5. The average molecular weight is 224 g/mol. The highest BCUT2D eigenvalue weighted by Gasteiger charge is 2.29. The Morgan fingerprint density at radius 2 is 1.69 bits per heavy atom. The van der Waals surface area contributed by atoms with Crippen molar-refractivity contribution in [3.05, 3.63) is 0 Å². The number of nitrogens with zero attached hydrogens (tertiary/aromatic N) is 1. The first-order valence-electron chi connectivity index (χ1n) is 7.12. The normalized spacial score (nSPS) is 42.9. The lowest BCUT2D eigenvalue weighted by Crippen LogP contribution is -2.44. The van der Waals surface area contributed by atoms with Crippen molar-refractivity contribution in [2.24, 2.45) is 11.8 Å². The SMILES string of the molecule is CC1CC(C)CC(N2CCCNC(C)C2)C1. The maximum Gasteiger partial charge on any atom is 0.0166 e. The molecule has 2 aliphatic rings. The van der Waals surface area contributed by atoms with Gasteiger partial charge in [-0.15, -0.1) is 0 Å². The molecule has 1 aliphatic heterocycles. The molecular formula is C14H28N2. The molecule has 1 saturated heterocycles. The minimum absolute atomic E-state index is 0.676. The van der Waals surface area contributed by atoms with Crippen LogP contribution in [0.25, 0.3) is 0 Å². The van der Waals surface area contributed by atoms with Crippen molar-refractivity contribution in [3.8, 4) is 0 Å². The van der Waals surface area contributed by atoms with Crippen LogP contribution in [0.5, 0.6) is 0 Å². The molecule has 2 rings (SSSR count). The Balaban J connectivity index is 1.93. The van der Waals surface area contributed by atoms with Gasteiger partial charge in [0.2, 0.25) is 0 Å². The second-order valence-corrected chi connectivity index (χ2v) is 6.27. The van der Waals surface area contributed by atoms with Gasteiger partial charge in [-0.2, -0.15) is 0 Å². The molecule has 3 unspecified atom stereocenters. The van der Waals surface area contributed by atoms with E-state index in [2.05, 4.69) is 31.0 Å². The molecule has 2 fully saturated rings. The summed E-state index contributed by atoms with van der Waals surface area (Å²) in [5.74, 6) is 1.86. The lowest BCUT2D eigenvalue weighted by molar-refractivity contribution is 0.109. The first-order valence-corrected chi connectivity index (χ1v) is 7.12. The maximum absolute atomic E-state index is 3.59. The molecule has 0 amide bonds. The summed E-state index contributed by atoms with van der Waals surface area (Å²) in [6.07, 6.45) is 5.62. The molecule has 0 spiro atoms. The van der Waals surface area contributed by atoms with E-state index in [4.69, 9.17) is 0 Å². The Labute approximate surface area is 101 Å². The Morgan fingerprint density at radius 1 is 1.00 bits per heavy atom. The van der Waals surface area contributed by atoms with Gasteiger partial charge in [0.05, 0.1) is 0 Å². The lowest BCUT2D eigenvalue weighted by Gasteiger charge is -2.39. The van der Waals surface area contributed by atoms with E-state index in [1.165, 1.54) is 45.3 Å². The predicted molar refractivity (Wildman–Crippen MR) is 69.6 cm³/mol. The Morgan fingerprint density at radius 3 is 2.38 bits per heavy atom. The van der Waals surface area contributed by atoms with Gasteiger partial charge in [0.25, 0.3) is 0 Å². The fourth-order valence-corrected chi connectivity index (χ4v) is 3.67. The topological polar surface area (TPSA) is 15.3 Å². The molecule has 2 heteroatoms. The van der Waals surface area contributed by atoms with Crippen LogP contribution in [0.1, 0.15) is 46.5 Å². The van der Waals surface area contributed by atoms with Gasteiger partial charge in [0, 0.05) is 18.6 Å². The quantitative estimate of drug-likeness (QED) is 0.736. The Bertz CT molecular complexity index is 207. The van der Waals surface area contributed by atoms with E-state index in [9.17, 15) is 0 Å². The molecule has 1 heterocycles. The van der Waals surface area contributed by atoms with Crippen molar-refractivity contribution in [1.29, 1.82) is 0 Å². The highest BCUT2D eigenvalue weighted by molar-refractivity contribution is 4.85. The molecule has 1 saturated carbocycles. The minimum Gasteiger partial charge on any atom is -0.313 e. The lowest BCUT2D eigenvalue weighted by atomic mass is 9.79. The van der Waals surface area contributed by atoms with Crippen LogP contribution in [-0.4, -0.2) is 36.6 Å². The predicted octanol–water partition coefficient (Wildman–Crippen LogP) is 2.49. The first-order chi connectivity index (χ1) is 7.65. The molecular weight excluding hydrogens is 196 g/mol. The van der Waals surface area contributed by atoms with Crippen LogP contribution in [0.2, 0.25) is 0 Å². The van der Waals surface area contributed by atoms with Crippen molar-refractivity contribution in [2.45, 2.75) is 58.5 Å². The maximum atomic E-state index is 3.59. The van der Waals surface area contributed by atoms with E-state index in [-0.39, 0.29) is 0 Å². The van der Waals surface area contributed by atoms with Gasteiger partial charge in [0.15, 0.2) is 0 Å². The molecule has 3 atom stereocenters. The van der Waals surface area contributed by atoms with Gasteiger partial charge in [-0.1, -0.05) is 13.8 Å². The van der Waals surface area contributed by atoms with Crippen molar-refractivity contribution in [1.82, 2.24) is 10.2 Å². The van der Waals surface area contributed by atoms with Crippen LogP contribution in [-0.2, 0) is 0 Å². The van der Waals surface area contributed by atoms with Gasteiger partial charge >= 0.3 is 0 Å². The van der Waals surface area contributed by atoms with Crippen LogP contribution in [0, 0.1) is 11.8 Å². The number of rotatable bonds is 1. The van der Waals surface area contributed by atoms with Crippen LogP contribution < -0.4 is 5.32 Å². The van der Waals surface area contributed by atoms with Crippen LogP contribution in [0.15, 0.2) is 0 Å². The zero-order valence-electron chi connectivity index (χ0n) is 11.2. The Kier molecular flexibility index (Phi) is 4.26. The standard InChI is InChI=1S/C14H28N2/c1-11-7-12(2)9-14(8-11)16-6-4-5-15-13(3)10-16/h11-15H,4-10H2,1-3H3. The van der Waals surface area contributed by atoms with Gasteiger partial charge in [-0.25, -0.2) is 0 Å². The fraction of sp³-hybridized carbons (Fsp3) is 1.00. The van der Waals surface area contributed by atoms with Crippen LogP contribution >= 0.6 is 0 Å². The number of hydrogen-bond acceptors (Lipinski definition) is 2. The Hall–Kier alpha value is -0.0800. The van der Waals surface area contributed by atoms with Crippen molar-refractivity contribution >= 4 is 0 Å². The summed E-state index contributed by atoms with van der Waals surface area (Å²) in [5.41, 5.74) is 0. The van der Waals surface area contributed by atoms with E-state index in [0.29, 0.717) is 6.04 Å². The number of hydrogen-bond donors (Lipinski definition) is 1. The summed E-state index contributed by atoms with van der Waals surface area (Å²) in [4.78, 5) is 2.76. The van der Waals surface area contributed by atoms with Gasteiger partial charge < -0.3 is 5.32 Å². The fourth-order valence-electron chi connectivity index (χ4n) is 3.67. The highest BCUT2D eigenvalue weighted by Crippen LogP contribution is 2.31. The second kappa shape index (κ2) is 5.50. The van der Waals surface area contributed by atoms with Crippen molar-refractivity contribution in [3.63, 3.8) is 0 Å². The highest BCUT2D eigenvalue weighted by atomic mass is 15.2. The van der Waals surface area contributed by atoms with Crippen molar-refractivity contribution < 1.29 is 0 Å². The van der Waals surface area contributed by atoms with E-state index in [0.717, 1.165) is 17.9 Å². The van der Waals surface area contributed by atoms with Crippen molar-refractivity contribution in [2.75, 3.05) is 19.6 Å². The van der Waals surface area contributed by atoms with Crippen LogP contribution in [0.3, 0.4) is 0 Å². The number of nitrogens with one attached hydrogen (secondary N) is 1. The molecule has 16 heavy (non-hydrogen) atoms. The summed E-state index contributed by atoms with van der Waals surface area (Å²) in [6, 6.07) is 1.54. The third-order valence-corrected chi connectivity index (χ3v) is 4.29. The van der Waals surface area contributed by atoms with E-state index >= 15 is 0 Å². The third kappa shape index (κ3) is 3.21. The molecule has 0 aromatic heterocycles. The minimum atomic E-state index is 0.676. The second-order valence-electron chi connectivity index (χ2n) is 6.27. The van der Waals surface area contributed by atoms with E-state index in [1.807, 2.05) is 0 Å². The first kappa shape index (κ1) is 12.4. The summed E-state index contributed by atoms with van der Waals surface area (Å²) >= 11 is 0. The van der Waals surface area contributed by atoms with Crippen LogP contribution in [0.4, 0.5) is 0 Å². The molecule has 94 valence electrons. The third-order valence-electron chi connectivity index (χ3n) is 4.29. The molecule has 0 bridgehead atoms. The van der Waals surface area contributed by atoms with E-state index in [1.54, 1.807) is 0 Å². The summed E-state index contributed by atoms with van der Waals surface area (Å²) < 4.78 is 0. The van der Waals surface area contributed by atoms with Gasteiger partial charge in [-0.3, -0.25) is 4.90 Å². The molecule has 0 aromatic rings. The summed E-state index contributed by atoms with van der Waals surface area (Å²) in [7, 11) is 0. The average Bonchev–Trinajstić information content (AvgIpc) is 2.41. The molecule has 1 N–H and O–H groups in total. The molecule has 0 radical (unpaired) electrons. The monoisotopic (exact) mass is 224 g/mol. The summed E-state index contributed by atoms with van der Waals surface area (Å²) in [6.45, 7) is 11.0. The van der Waals surface area contributed by atoms with Gasteiger partial charge in [0.1, 0.15) is 0 Å². The largest absolute Gasteiger partial charge is 0.313 e. The molecule has 1 aliphatic carbocycles. The smallest absolute Gasteiger partial charge is 0.0166 e.